The van der Waals surface area contributed by atoms with Crippen molar-refractivity contribution in [1.29, 1.82) is 0 Å². The van der Waals surface area contributed by atoms with Crippen LogP contribution in [0.4, 0.5) is 18.0 Å². The van der Waals surface area contributed by atoms with Crippen LogP contribution in [0.5, 0.6) is 0 Å². The number of hydrogen-bond donors (Lipinski definition) is 0. The molecule has 1 saturated heterocycles. The van der Waals surface area contributed by atoms with Gasteiger partial charge < -0.3 is 14.5 Å². The summed E-state index contributed by atoms with van der Waals surface area (Å²) in [6.45, 7) is 6.76. The van der Waals surface area contributed by atoms with Crippen LogP contribution in [0, 0.1) is 0 Å². The number of carbonyl (C=O) groups is 2. The van der Waals surface area contributed by atoms with Crippen molar-refractivity contribution < 1.29 is 27.5 Å². The normalized spacial score (nSPS) is 20.4. The second kappa shape index (κ2) is 6.11. The maximum atomic E-state index is 12.5. The van der Waals surface area contributed by atoms with E-state index in [1.54, 1.807) is 27.7 Å². The van der Waals surface area contributed by atoms with Crippen LogP contribution in [0.25, 0.3) is 0 Å². The van der Waals surface area contributed by atoms with Gasteiger partial charge in [-0.05, 0) is 27.2 Å². The number of amides is 2. The number of ether oxygens (including phenoxy) is 1. The van der Waals surface area contributed by atoms with Gasteiger partial charge in [0.15, 0.2) is 0 Å². The van der Waals surface area contributed by atoms with Gasteiger partial charge in [-0.15, -0.1) is 0 Å². The smallest absolute Gasteiger partial charge is 0.444 e. The molecule has 1 fully saturated rings. The predicted octanol–water partition coefficient (Wildman–Crippen LogP) is 2.41. The van der Waals surface area contributed by atoms with E-state index in [0.29, 0.717) is 6.42 Å². The molecule has 0 radical (unpaired) electrons. The van der Waals surface area contributed by atoms with Crippen LogP contribution < -0.4 is 0 Å². The fourth-order valence-corrected chi connectivity index (χ4v) is 2.13. The summed E-state index contributed by atoms with van der Waals surface area (Å²) in [6, 6.07) is -0.652. The van der Waals surface area contributed by atoms with Crippen molar-refractivity contribution in [1.82, 2.24) is 9.80 Å². The van der Waals surface area contributed by atoms with Crippen molar-refractivity contribution in [3.8, 4) is 0 Å². The summed E-state index contributed by atoms with van der Waals surface area (Å²) in [6.07, 6.45) is -5.12. The average Bonchev–Trinajstić information content (AvgIpc) is 2.33. The van der Waals surface area contributed by atoms with E-state index in [2.05, 4.69) is 0 Å². The van der Waals surface area contributed by atoms with E-state index in [-0.39, 0.29) is 19.6 Å². The van der Waals surface area contributed by atoms with E-state index >= 15 is 0 Å². The maximum absolute atomic E-state index is 12.5. The van der Waals surface area contributed by atoms with Crippen LogP contribution in [-0.2, 0) is 9.53 Å². The van der Waals surface area contributed by atoms with Gasteiger partial charge in [0.25, 0.3) is 0 Å². The van der Waals surface area contributed by atoms with Crippen molar-refractivity contribution in [3.05, 3.63) is 0 Å². The van der Waals surface area contributed by atoms with Crippen LogP contribution in [-0.4, -0.2) is 59.3 Å². The van der Waals surface area contributed by atoms with Crippen LogP contribution in [0.3, 0.4) is 0 Å². The molecule has 0 unspecified atom stereocenters. The van der Waals surface area contributed by atoms with Gasteiger partial charge in [-0.1, -0.05) is 6.92 Å². The molecule has 2 amide bonds. The van der Waals surface area contributed by atoms with Gasteiger partial charge in [0.05, 0.1) is 0 Å². The highest BCUT2D eigenvalue weighted by atomic mass is 19.4. The molecular formula is C13H21F3N2O3. The Morgan fingerprint density at radius 1 is 1.19 bits per heavy atom. The van der Waals surface area contributed by atoms with Gasteiger partial charge in [-0.3, -0.25) is 4.79 Å². The first-order valence-corrected chi connectivity index (χ1v) is 6.81. The molecule has 0 aromatic carbocycles. The van der Waals surface area contributed by atoms with E-state index in [4.69, 9.17) is 4.74 Å². The molecule has 0 saturated carbocycles. The number of rotatable bonds is 1. The molecule has 0 N–H and O–H groups in total. The van der Waals surface area contributed by atoms with Gasteiger partial charge in [0.2, 0.25) is 0 Å². The minimum absolute atomic E-state index is 0.0350. The van der Waals surface area contributed by atoms with E-state index in [0.717, 1.165) is 4.90 Å². The lowest BCUT2D eigenvalue weighted by atomic mass is 10.1. The lowest BCUT2D eigenvalue weighted by Crippen LogP contribution is -2.59. The molecule has 0 bridgehead atoms. The largest absolute Gasteiger partial charge is 0.471 e. The highest BCUT2D eigenvalue weighted by molar-refractivity contribution is 5.82. The van der Waals surface area contributed by atoms with Crippen LogP contribution in [0.1, 0.15) is 34.1 Å². The standard InChI is InChI=1S/C13H21F3N2O3/c1-5-9-8-17(11(20)21-12(2,3)4)6-7-18(9)10(19)13(14,15)16/h9H,5-8H2,1-4H3/t9-/m0/s1. The average molecular weight is 310 g/mol. The SMILES string of the molecule is CC[C@H]1CN(C(=O)OC(C)(C)C)CCN1C(=O)C(F)(F)F. The number of piperazine rings is 1. The quantitative estimate of drug-likeness (QED) is 0.747. The highest BCUT2D eigenvalue weighted by Crippen LogP contribution is 2.24. The zero-order valence-corrected chi connectivity index (χ0v) is 12.7. The van der Waals surface area contributed by atoms with Crippen molar-refractivity contribution in [2.75, 3.05) is 19.6 Å². The molecule has 1 heterocycles. The van der Waals surface area contributed by atoms with Crippen LogP contribution >= 0.6 is 0 Å². The zero-order valence-electron chi connectivity index (χ0n) is 12.7. The molecule has 8 heteroatoms. The van der Waals surface area contributed by atoms with Gasteiger partial charge >= 0.3 is 18.2 Å². The second-order valence-corrected chi connectivity index (χ2v) is 5.98. The molecule has 122 valence electrons. The summed E-state index contributed by atoms with van der Waals surface area (Å²) >= 11 is 0. The molecule has 1 aliphatic heterocycles. The molecule has 0 aliphatic carbocycles. The van der Waals surface area contributed by atoms with Crippen molar-refractivity contribution in [2.45, 2.75) is 51.9 Å². The zero-order chi connectivity index (χ0) is 16.4. The minimum atomic E-state index is -4.89. The number of nitrogens with zero attached hydrogens (tertiary/aromatic N) is 2. The summed E-state index contributed by atoms with van der Waals surface area (Å²) in [7, 11) is 0. The fraction of sp³-hybridized carbons (Fsp3) is 0.846. The third-order valence-electron chi connectivity index (χ3n) is 3.11. The molecule has 1 atom stereocenters. The maximum Gasteiger partial charge on any atom is 0.471 e. The predicted molar refractivity (Wildman–Crippen MR) is 69.7 cm³/mol. The van der Waals surface area contributed by atoms with Crippen LogP contribution in [0.2, 0.25) is 0 Å². The summed E-state index contributed by atoms with van der Waals surface area (Å²) in [5, 5.41) is 0. The molecule has 21 heavy (non-hydrogen) atoms. The molecule has 0 aromatic heterocycles. The summed E-state index contributed by atoms with van der Waals surface area (Å²) in [5.41, 5.74) is -0.669. The molecule has 0 aromatic rings. The van der Waals surface area contributed by atoms with Gasteiger partial charge in [0.1, 0.15) is 5.60 Å². The highest BCUT2D eigenvalue weighted by Gasteiger charge is 2.46. The van der Waals surface area contributed by atoms with Crippen molar-refractivity contribution in [2.24, 2.45) is 0 Å². The van der Waals surface area contributed by atoms with E-state index in [1.807, 2.05) is 0 Å². The Bertz CT molecular complexity index is 404. The first-order chi connectivity index (χ1) is 9.45. The van der Waals surface area contributed by atoms with Crippen molar-refractivity contribution >= 4 is 12.0 Å². The third kappa shape index (κ3) is 4.78. The first-order valence-electron chi connectivity index (χ1n) is 6.81. The number of carbonyl (C=O) groups excluding carboxylic acids is 2. The van der Waals surface area contributed by atoms with Gasteiger partial charge in [-0.25, -0.2) is 4.79 Å². The molecule has 5 nitrogen and oxygen atoms in total. The Labute approximate surface area is 122 Å². The third-order valence-corrected chi connectivity index (χ3v) is 3.11. The second-order valence-electron chi connectivity index (χ2n) is 5.98. The fourth-order valence-electron chi connectivity index (χ4n) is 2.13. The van der Waals surface area contributed by atoms with E-state index in [1.165, 1.54) is 4.90 Å². The van der Waals surface area contributed by atoms with Gasteiger partial charge in [-0.2, -0.15) is 13.2 Å². The first kappa shape index (κ1) is 17.6. The Morgan fingerprint density at radius 3 is 2.19 bits per heavy atom. The molecule has 1 aliphatic rings. The Morgan fingerprint density at radius 2 is 1.76 bits per heavy atom. The lowest BCUT2D eigenvalue weighted by molar-refractivity contribution is -0.190. The number of hydrogen-bond acceptors (Lipinski definition) is 3. The Balaban J connectivity index is 2.74. The topological polar surface area (TPSA) is 49.9 Å². The monoisotopic (exact) mass is 310 g/mol. The van der Waals surface area contributed by atoms with Gasteiger partial charge in [0, 0.05) is 25.7 Å². The lowest BCUT2D eigenvalue weighted by Gasteiger charge is -2.41. The number of halogens is 3. The summed E-state index contributed by atoms with van der Waals surface area (Å²) < 4.78 is 42.8. The summed E-state index contributed by atoms with van der Waals surface area (Å²) in [4.78, 5) is 25.4. The Kier molecular flexibility index (Phi) is 5.11. The molecular weight excluding hydrogens is 289 g/mol. The Hall–Kier alpha value is -1.47. The summed E-state index contributed by atoms with van der Waals surface area (Å²) in [5.74, 6) is -1.85. The number of alkyl halides is 3. The van der Waals surface area contributed by atoms with Crippen LogP contribution in [0.15, 0.2) is 0 Å². The van der Waals surface area contributed by atoms with E-state index in [9.17, 15) is 22.8 Å². The molecule has 1 rings (SSSR count). The van der Waals surface area contributed by atoms with E-state index < -0.39 is 29.8 Å². The minimum Gasteiger partial charge on any atom is -0.444 e. The van der Waals surface area contributed by atoms with Crippen molar-refractivity contribution in [3.63, 3.8) is 0 Å². The molecule has 0 spiro atoms.